The molecule has 4 nitrogen and oxygen atoms in total. The third-order valence-electron chi connectivity index (χ3n) is 4.66. The van der Waals surface area contributed by atoms with Gasteiger partial charge in [0.05, 0.1) is 17.4 Å². The molecule has 1 aliphatic carbocycles. The molecule has 1 aromatic rings. The summed E-state index contributed by atoms with van der Waals surface area (Å²) in [5, 5.41) is 0. The second-order valence-corrected chi connectivity index (χ2v) is 7.80. The molecule has 2 fully saturated rings. The summed E-state index contributed by atoms with van der Waals surface area (Å²) in [6.07, 6.45) is 0.252. The predicted molar refractivity (Wildman–Crippen MR) is 73.1 cm³/mol. The van der Waals surface area contributed by atoms with Gasteiger partial charge in [0.25, 0.3) is 5.92 Å². The first-order valence-electron chi connectivity index (χ1n) is 6.75. The Morgan fingerprint density at radius 1 is 1.24 bits per heavy atom. The highest BCUT2D eigenvalue weighted by atomic mass is 32.2. The number of benzene rings is 1. The quantitative estimate of drug-likeness (QED) is 0.860. The zero-order valence-corrected chi connectivity index (χ0v) is 12.7. The molecule has 2 aliphatic rings. The zero-order chi connectivity index (χ0) is 15.5. The summed E-state index contributed by atoms with van der Waals surface area (Å²) in [5.74, 6) is -2.30. The van der Waals surface area contributed by atoms with E-state index in [0.717, 1.165) is 4.31 Å². The Balaban J connectivity index is 1.87. The van der Waals surface area contributed by atoms with E-state index < -0.39 is 21.4 Å². The standard InChI is InChI=1S/C14H17F2NO3S/c1-10-3-4-11(20-2)7-12(10)21(18,19)17-8-13(9-17)5-6-14(13,15)16/h3-4,7H,5-6,8-9H2,1-2H3. The lowest BCUT2D eigenvalue weighted by molar-refractivity contribution is -0.242. The van der Waals surface area contributed by atoms with Crippen LogP contribution in [0.3, 0.4) is 0 Å². The van der Waals surface area contributed by atoms with Gasteiger partial charge in [-0.2, -0.15) is 4.31 Å². The van der Waals surface area contributed by atoms with Crippen LogP contribution in [0.4, 0.5) is 8.78 Å². The Bertz CT molecular complexity index is 681. The van der Waals surface area contributed by atoms with Crippen LogP contribution in [0.5, 0.6) is 5.75 Å². The molecule has 116 valence electrons. The van der Waals surface area contributed by atoms with Crippen LogP contribution in [0.25, 0.3) is 0 Å². The van der Waals surface area contributed by atoms with Crippen molar-refractivity contribution in [1.82, 2.24) is 4.31 Å². The molecule has 1 heterocycles. The fraction of sp³-hybridized carbons (Fsp3) is 0.571. The van der Waals surface area contributed by atoms with Gasteiger partial charge in [0.15, 0.2) is 0 Å². The van der Waals surface area contributed by atoms with Crippen LogP contribution in [-0.2, 0) is 10.0 Å². The fourth-order valence-electron chi connectivity index (χ4n) is 2.98. The van der Waals surface area contributed by atoms with Crippen molar-refractivity contribution >= 4 is 10.0 Å². The van der Waals surface area contributed by atoms with Gasteiger partial charge < -0.3 is 4.74 Å². The monoisotopic (exact) mass is 317 g/mol. The SMILES string of the molecule is COc1ccc(C)c(S(=O)(=O)N2CC3(CCC3(F)F)C2)c1. The normalized spacial score (nSPS) is 23.4. The van der Waals surface area contributed by atoms with Crippen molar-refractivity contribution in [1.29, 1.82) is 0 Å². The number of alkyl halides is 2. The summed E-state index contributed by atoms with van der Waals surface area (Å²) >= 11 is 0. The minimum atomic E-state index is -3.74. The van der Waals surface area contributed by atoms with E-state index in [1.54, 1.807) is 19.1 Å². The lowest BCUT2D eigenvalue weighted by atomic mass is 9.61. The average Bonchev–Trinajstić information content (AvgIpc) is 2.36. The topological polar surface area (TPSA) is 46.6 Å². The molecular weight excluding hydrogens is 300 g/mol. The Labute approximate surface area is 122 Å². The highest BCUT2D eigenvalue weighted by Gasteiger charge is 2.68. The highest BCUT2D eigenvalue weighted by molar-refractivity contribution is 7.89. The predicted octanol–water partition coefficient (Wildman–Crippen LogP) is 2.42. The molecule has 1 saturated heterocycles. The molecule has 0 bridgehead atoms. The van der Waals surface area contributed by atoms with E-state index in [-0.39, 0.29) is 24.4 Å². The van der Waals surface area contributed by atoms with Crippen molar-refractivity contribution in [3.05, 3.63) is 23.8 Å². The summed E-state index contributed by atoms with van der Waals surface area (Å²) in [6, 6.07) is 4.76. The van der Waals surface area contributed by atoms with E-state index in [1.807, 2.05) is 0 Å². The lowest BCUT2D eigenvalue weighted by Crippen LogP contribution is -2.70. The molecule has 0 amide bonds. The largest absolute Gasteiger partial charge is 0.497 e. The molecule has 0 unspecified atom stereocenters. The number of ether oxygens (including phenoxy) is 1. The van der Waals surface area contributed by atoms with Crippen molar-refractivity contribution in [3.63, 3.8) is 0 Å². The molecule has 1 saturated carbocycles. The van der Waals surface area contributed by atoms with Crippen molar-refractivity contribution in [2.45, 2.75) is 30.6 Å². The molecular formula is C14H17F2NO3S. The number of hydrogen-bond donors (Lipinski definition) is 0. The van der Waals surface area contributed by atoms with E-state index in [2.05, 4.69) is 0 Å². The van der Waals surface area contributed by atoms with Gasteiger partial charge in [-0.3, -0.25) is 0 Å². The maximum absolute atomic E-state index is 13.6. The molecule has 7 heteroatoms. The maximum Gasteiger partial charge on any atom is 0.256 e. The fourth-order valence-corrected chi connectivity index (χ4v) is 4.83. The van der Waals surface area contributed by atoms with Crippen molar-refractivity contribution in [2.75, 3.05) is 20.2 Å². The number of hydrogen-bond acceptors (Lipinski definition) is 3. The smallest absolute Gasteiger partial charge is 0.256 e. The second-order valence-electron chi connectivity index (χ2n) is 5.89. The number of nitrogens with zero attached hydrogens (tertiary/aromatic N) is 1. The number of rotatable bonds is 3. The molecule has 1 spiro atoms. The van der Waals surface area contributed by atoms with Gasteiger partial charge in [-0.15, -0.1) is 0 Å². The molecule has 1 aliphatic heterocycles. The zero-order valence-electron chi connectivity index (χ0n) is 11.9. The third-order valence-corrected chi connectivity index (χ3v) is 6.60. The van der Waals surface area contributed by atoms with Gasteiger partial charge in [0, 0.05) is 25.6 Å². The Morgan fingerprint density at radius 2 is 1.90 bits per heavy atom. The highest BCUT2D eigenvalue weighted by Crippen LogP contribution is 2.59. The summed E-state index contributed by atoms with van der Waals surface area (Å²) in [7, 11) is -2.29. The van der Waals surface area contributed by atoms with E-state index in [9.17, 15) is 17.2 Å². The minimum Gasteiger partial charge on any atom is -0.497 e. The first kappa shape index (κ1) is 14.7. The van der Waals surface area contributed by atoms with Crippen LogP contribution in [0, 0.1) is 12.3 Å². The molecule has 1 aromatic carbocycles. The number of methoxy groups -OCH3 is 1. The number of aryl methyl sites for hydroxylation is 1. The van der Waals surface area contributed by atoms with Gasteiger partial charge in [0.1, 0.15) is 5.75 Å². The first-order valence-corrected chi connectivity index (χ1v) is 8.19. The van der Waals surface area contributed by atoms with Crippen LogP contribution in [0.1, 0.15) is 18.4 Å². The summed E-state index contributed by atoms with van der Waals surface area (Å²) in [4.78, 5) is 0.124. The van der Waals surface area contributed by atoms with Crippen LogP contribution in [0.2, 0.25) is 0 Å². The second kappa shape index (κ2) is 4.39. The Hall–Kier alpha value is -1.21. The van der Waals surface area contributed by atoms with Crippen LogP contribution >= 0.6 is 0 Å². The van der Waals surface area contributed by atoms with Crippen molar-refractivity contribution < 1.29 is 21.9 Å². The Morgan fingerprint density at radius 3 is 2.38 bits per heavy atom. The number of halogens is 2. The summed E-state index contributed by atoms with van der Waals surface area (Å²) < 4.78 is 58.4. The van der Waals surface area contributed by atoms with Gasteiger partial charge in [-0.1, -0.05) is 6.07 Å². The average molecular weight is 317 g/mol. The molecule has 21 heavy (non-hydrogen) atoms. The summed E-state index contributed by atoms with van der Waals surface area (Å²) in [5.41, 5.74) is -0.551. The Kier molecular flexibility index (Phi) is 3.08. The molecule has 0 atom stereocenters. The third kappa shape index (κ3) is 1.97. The molecule has 3 rings (SSSR count). The lowest BCUT2D eigenvalue weighted by Gasteiger charge is -2.59. The van der Waals surface area contributed by atoms with E-state index in [0.29, 0.717) is 17.7 Å². The summed E-state index contributed by atoms with van der Waals surface area (Å²) in [6.45, 7) is 1.48. The van der Waals surface area contributed by atoms with Gasteiger partial charge in [-0.25, -0.2) is 17.2 Å². The van der Waals surface area contributed by atoms with Crippen molar-refractivity contribution in [3.8, 4) is 5.75 Å². The van der Waals surface area contributed by atoms with Gasteiger partial charge in [0.2, 0.25) is 10.0 Å². The molecule has 0 radical (unpaired) electrons. The maximum atomic E-state index is 13.6. The first-order chi connectivity index (χ1) is 9.72. The minimum absolute atomic E-state index is 0.0982. The van der Waals surface area contributed by atoms with Crippen LogP contribution in [-0.4, -0.2) is 38.8 Å². The number of sulfonamides is 1. The van der Waals surface area contributed by atoms with Crippen LogP contribution < -0.4 is 4.74 Å². The van der Waals surface area contributed by atoms with Gasteiger partial charge >= 0.3 is 0 Å². The molecule has 0 N–H and O–H groups in total. The van der Waals surface area contributed by atoms with Crippen LogP contribution in [0.15, 0.2) is 23.1 Å². The van der Waals surface area contributed by atoms with E-state index in [1.165, 1.54) is 13.2 Å². The van der Waals surface area contributed by atoms with E-state index in [4.69, 9.17) is 4.74 Å². The van der Waals surface area contributed by atoms with E-state index >= 15 is 0 Å². The van der Waals surface area contributed by atoms with Crippen molar-refractivity contribution in [2.24, 2.45) is 5.41 Å². The van der Waals surface area contributed by atoms with Gasteiger partial charge in [-0.05, 0) is 25.0 Å². The molecule has 0 aromatic heterocycles.